The summed E-state index contributed by atoms with van der Waals surface area (Å²) in [4.78, 5) is 18.1. The Balaban J connectivity index is 1.66. The van der Waals surface area contributed by atoms with Crippen molar-refractivity contribution >= 4 is 23.0 Å². The second-order valence-electron chi connectivity index (χ2n) is 8.01. The summed E-state index contributed by atoms with van der Waals surface area (Å²) in [6, 6.07) is 9.01. The number of amidine groups is 1. The molecule has 9 heteroatoms. The van der Waals surface area contributed by atoms with Gasteiger partial charge in [0.2, 0.25) is 0 Å². The minimum absolute atomic E-state index is 0.219. The first-order chi connectivity index (χ1) is 13.6. The first kappa shape index (κ1) is 22.0. The lowest BCUT2D eigenvalue weighted by molar-refractivity contribution is -0.173. The zero-order chi connectivity index (χ0) is 21.2. The minimum atomic E-state index is -2.68. The number of aliphatic imine (C=N–C) groups is 1. The first-order valence-electron chi connectivity index (χ1n) is 9.44. The maximum Gasteiger partial charge on any atom is 0.416 e. The number of thioether (sulfide) groups is 1. The van der Waals surface area contributed by atoms with Crippen molar-refractivity contribution in [1.29, 1.82) is 0 Å². The summed E-state index contributed by atoms with van der Waals surface area (Å²) in [6.45, 7) is 5.53. The number of rotatable bonds is 4. The van der Waals surface area contributed by atoms with Gasteiger partial charge in [-0.05, 0) is 26.3 Å². The van der Waals surface area contributed by atoms with Crippen LogP contribution >= 0.6 is 11.8 Å². The van der Waals surface area contributed by atoms with E-state index in [4.69, 9.17) is 14.2 Å². The van der Waals surface area contributed by atoms with Gasteiger partial charge in [-0.3, -0.25) is 9.89 Å². The molecule has 2 aliphatic heterocycles. The summed E-state index contributed by atoms with van der Waals surface area (Å²) in [5, 5.41) is 0.394. The van der Waals surface area contributed by atoms with E-state index in [1.165, 1.54) is 4.90 Å². The molecular weight excluding hydrogens is 402 g/mol. The number of carbonyl (C=O) groups is 1. The topological polar surface area (TPSA) is 60.4 Å². The van der Waals surface area contributed by atoms with Gasteiger partial charge in [0.25, 0.3) is 6.43 Å². The van der Waals surface area contributed by atoms with Crippen molar-refractivity contribution in [3.63, 3.8) is 0 Å². The Morgan fingerprint density at radius 2 is 2.03 bits per heavy atom. The van der Waals surface area contributed by atoms with Crippen molar-refractivity contribution in [2.45, 2.75) is 69.5 Å². The number of benzene rings is 1. The predicted octanol–water partition coefficient (Wildman–Crippen LogP) is 4.29. The maximum atomic E-state index is 13.6. The van der Waals surface area contributed by atoms with Gasteiger partial charge < -0.3 is 14.2 Å². The molecule has 0 aliphatic carbocycles. The third-order valence-electron chi connectivity index (χ3n) is 4.45. The number of nitrogens with zero attached hydrogens (tertiary/aromatic N) is 2. The van der Waals surface area contributed by atoms with Gasteiger partial charge in [0, 0.05) is 13.5 Å². The molecule has 6 nitrogen and oxygen atoms in total. The number of carbonyl (C=O) groups excluding carboxylic acids is 1. The largest absolute Gasteiger partial charge is 0.443 e. The number of amides is 1. The number of alkyl halides is 2. The fraction of sp³-hybridized carbons (Fsp3) is 0.600. The van der Waals surface area contributed by atoms with Crippen molar-refractivity contribution in [3.05, 3.63) is 35.9 Å². The quantitative estimate of drug-likeness (QED) is 0.716. The molecule has 1 saturated heterocycles. The maximum absolute atomic E-state index is 13.6. The van der Waals surface area contributed by atoms with Gasteiger partial charge in [-0.25, -0.2) is 13.6 Å². The van der Waals surface area contributed by atoms with Gasteiger partial charge in [0.05, 0.1) is 18.8 Å². The van der Waals surface area contributed by atoms with Crippen molar-refractivity contribution in [3.8, 4) is 0 Å². The summed E-state index contributed by atoms with van der Waals surface area (Å²) in [7, 11) is 1.55. The average Bonchev–Trinajstić information content (AvgIpc) is 3.07. The monoisotopic (exact) mass is 428 g/mol. The summed E-state index contributed by atoms with van der Waals surface area (Å²) in [5.41, 5.74) is -0.321. The van der Waals surface area contributed by atoms with Crippen molar-refractivity contribution in [2.75, 3.05) is 7.05 Å². The van der Waals surface area contributed by atoms with E-state index in [1.807, 2.05) is 30.3 Å². The molecule has 29 heavy (non-hydrogen) atoms. The highest BCUT2D eigenvalue weighted by Crippen LogP contribution is 2.39. The predicted molar refractivity (Wildman–Crippen MR) is 107 cm³/mol. The van der Waals surface area contributed by atoms with Crippen LogP contribution in [0.2, 0.25) is 0 Å². The molecule has 0 saturated carbocycles. The molecule has 1 aromatic rings. The Morgan fingerprint density at radius 1 is 1.34 bits per heavy atom. The van der Waals surface area contributed by atoms with Gasteiger partial charge in [-0.15, -0.1) is 0 Å². The standard InChI is InChI=1S/C20H26F2N2O4S/c1-20(2,3)28-19(25)24(4)18-23-13-10-14(15(16(21)22)27-17(13)29-18)26-11-12-8-6-5-7-9-12/h5-9,13-17H,10-11H2,1-4H3/t13-,14+,15+,17-/m1/s1. The highest BCUT2D eigenvalue weighted by atomic mass is 32.2. The van der Waals surface area contributed by atoms with Gasteiger partial charge in [-0.2, -0.15) is 0 Å². The van der Waals surface area contributed by atoms with Crippen LogP contribution in [0.15, 0.2) is 35.3 Å². The minimum Gasteiger partial charge on any atom is -0.443 e. The second-order valence-corrected chi connectivity index (χ2v) is 9.08. The van der Waals surface area contributed by atoms with Gasteiger partial charge >= 0.3 is 6.09 Å². The zero-order valence-corrected chi connectivity index (χ0v) is 17.7. The zero-order valence-electron chi connectivity index (χ0n) is 16.9. The molecule has 2 heterocycles. The highest BCUT2D eigenvalue weighted by molar-refractivity contribution is 8.14. The van der Waals surface area contributed by atoms with E-state index < -0.39 is 35.8 Å². The Bertz CT molecular complexity index is 742. The molecule has 3 rings (SSSR count). The number of ether oxygens (including phenoxy) is 3. The number of hydrogen-bond donors (Lipinski definition) is 0. The lowest BCUT2D eigenvalue weighted by Gasteiger charge is -2.36. The van der Waals surface area contributed by atoms with Crippen LogP contribution in [-0.4, -0.2) is 58.9 Å². The molecule has 1 fully saturated rings. The lowest BCUT2D eigenvalue weighted by Crippen LogP contribution is -2.48. The lowest BCUT2D eigenvalue weighted by atomic mass is 10.0. The summed E-state index contributed by atoms with van der Waals surface area (Å²) in [5.74, 6) is 0. The molecule has 0 unspecified atom stereocenters. The summed E-state index contributed by atoms with van der Waals surface area (Å²) >= 11 is 1.16. The van der Waals surface area contributed by atoms with Gasteiger partial charge in [0.1, 0.15) is 17.1 Å². The van der Waals surface area contributed by atoms with Gasteiger partial charge in [0.15, 0.2) is 5.17 Å². The van der Waals surface area contributed by atoms with Crippen LogP contribution in [0.3, 0.4) is 0 Å². The van der Waals surface area contributed by atoms with E-state index in [2.05, 4.69) is 4.99 Å². The molecule has 0 spiro atoms. The van der Waals surface area contributed by atoms with Crippen molar-refractivity contribution < 1.29 is 27.8 Å². The van der Waals surface area contributed by atoms with Crippen LogP contribution in [0, 0.1) is 0 Å². The molecule has 1 amide bonds. The smallest absolute Gasteiger partial charge is 0.416 e. The third-order valence-corrected chi connectivity index (χ3v) is 5.70. The van der Waals surface area contributed by atoms with Crippen LogP contribution < -0.4 is 0 Å². The molecule has 1 aromatic carbocycles. The van der Waals surface area contributed by atoms with E-state index in [-0.39, 0.29) is 12.6 Å². The number of halogens is 2. The average molecular weight is 429 g/mol. The molecule has 160 valence electrons. The number of hydrogen-bond acceptors (Lipinski definition) is 6. The van der Waals surface area contributed by atoms with Crippen molar-refractivity contribution in [2.24, 2.45) is 4.99 Å². The molecule has 0 radical (unpaired) electrons. The van der Waals surface area contributed by atoms with E-state index in [0.29, 0.717) is 11.6 Å². The second kappa shape index (κ2) is 8.97. The fourth-order valence-electron chi connectivity index (χ4n) is 3.05. The molecule has 2 aliphatic rings. The third kappa shape index (κ3) is 5.67. The van der Waals surface area contributed by atoms with E-state index in [0.717, 1.165) is 17.3 Å². The van der Waals surface area contributed by atoms with Crippen LogP contribution in [0.4, 0.5) is 13.6 Å². The highest BCUT2D eigenvalue weighted by Gasteiger charge is 2.47. The van der Waals surface area contributed by atoms with Crippen LogP contribution in [0.25, 0.3) is 0 Å². The van der Waals surface area contributed by atoms with E-state index in [1.54, 1.807) is 27.8 Å². The van der Waals surface area contributed by atoms with Crippen LogP contribution in [-0.2, 0) is 20.8 Å². The number of fused-ring (bicyclic) bond motifs is 1. The first-order valence-corrected chi connectivity index (χ1v) is 10.3. The van der Waals surface area contributed by atoms with Crippen LogP contribution in [0.5, 0.6) is 0 Å². The Hall–Kier alpha value is -1.71. The molecule has 0 bridgehead atoms. The fourth-order valence-corrected chi connectivity index (χ4v) is 4.20. The summed E-state index contributed by atoms with van der Waals surface area (Å²) in [6.07, 6.45) is -5.05. The van der Waals surface area contributed by atoms with Crippen molar-refractivity contribution in [1.82, 2.24) is 4.90 Å². The summed E-state index contributed by atoms with van der Waals surface area (Å²) < 4.78 is 43.9. The Morgan fingerprint density at radius 3 is 2.66 bits per heavy atom. The normalized spacial score (nSPS) is 26.8. The van der Waals surface area contributed by atoms with Crippen LogP contribution in [0.1, 0.15) is 32.8 Å². The van der Waals surface area contributed by atoms with Gasteiger partial charge in [-0.1, -0.05) is 42.1 Å². The van der Waals surface area contributed by atoms with E-state index >= 15 is 0 Å². The van der Waals surface area contributed by atoms with E-state index in [9.17, 15) is 13.6 Å². The SMILES string of the molecule is CN(C(=O)OC(C)(C)C)C1=N[C@@H]2C[C@H](OCc3ccccc3)[C@@H](C(F)F)O[C@@H]2S1. The molecular formula is C20H26F2N2O4S. The Kier molecular flexibility index (Phi) is 6.80. The molecule has 0 aromatic heterocycles. The molecule has 0 N–H and O–H groups in total. The Labute approximate surface area is 173 Å². The molecule has 4 atom stereocenters.